The minimum Gasteiger partial charge on any atom is -0.395 e. The van der Waals surface area contributed by atoms with Gasteiger partial charge in [0.2, 0.25) is 5.91 Å². The third-order valence-corrected chi connectivity index (χ3v) is 3.69. The molecule has 3 rings (SSSR count). The van der Waals surface area contributed by atoms with Gasteiger partial charge in [0, 0.05) is 0 Å². The summed E-state index contributed by atoms with van der Waals surface area (Å²) in [4.78, 5) is 11.9. The number of nitrogens with one attached hydrogen (secondary N) is 1. The number of benzene rings is 2. The van der Waals surface area contributed by atoms with Crippen molar-refractivity contribution in [2.45, 2.75) is 6.92 Å². The Morgan fingerprint density at radius 3 is 2.68 bits per heavy atom. The first-order valence-electron chi connectivity index (χ1n) is 6.31. The highest BCUT2D eigenvalue weighted by molar-refractivity contribution is 5.90. The van der Waals surface area contributed by atoms with E-state index < -0.39 is 5.41 Å². The summed E-state index contributed by atoms with van der Waals surface area (Å²) >= 11 is 0. The number of amides is 1. The molecular formula is C15H16N2O2. The van der Waals surface area contributed by atoms with Gasteiger partial charge in [0.05, 0.1) is 24.3 Å². The van der Waals surface area contributed by atoms with Crippen LogP contribution in [0, 0.1) is 5.41 Å². The van der Waals surface area contributed by atoms with Crippen LogP contribution in [0.15, 0.2) is 42.5 Å². The Morgan fingerprint density at radius 2 is 2.00 bits per heavy atom. The summed E-state index contributed by atoms with van der Waals surface area (Å²) < 4.78 is 0. The molecule has 1 saturated heterocycles. The van der Waals surface area contributed by atoms with Gasteiger partial charge in [-0.1, -0.05) is 30.3 Å². The first-order valence-corrected chi connectivity index (χ1v) is 6.31. The summed E-state index contributed by atoms with van der Waals surface area (Å²) in [5, 5.41) is 13.4. The first-order chi connectivity index (χ1) is 9.12. The standard InChI is InChI=1S/C15H16N2O2/c1-15(10-18)9-17(16-14(15)19)13-7-6-11-4-2-3-5-12(11)8-13/h2-8,18H,9-10H2,1H3,(H,16,19). The molecule has 0 aliphatic carbocycles. The zero-order valence-corrected chi connectivity index (χ0v) is 10.8. The van der Waals surface area contributed by atoms with Crippen molar-refractivity contribution < 1.29 is 9.90 Å². The van der Waals surface area contributed by atoms with Gasteiger partial charge in [-0.3, -0.25) is 15.2 Å². The van der Waals surface area contributed by atoms with Crippen LogP contribution < -0.4 is 10.4 Å². The molecule has 2 aromatic carbocycles. The molecule has 0 spiro atoms. The lowest BCUT2D eigenvalue weighted by Crippen LogP contribution is -2.34. The fourth-order valence-corrected chi connectivity index (χ4v) is 2.34. The summed E-state index contributed by atoms with van der Waals surface area (Å²) in [6.45, 7) is 2.09. The SMILES string of the molecule is CC1(CO)CN(c2ccc3ccccc3c2)NC1=O. The lowest BCUT2D eigenvalue weighted by Gasteiger charge is -2.20. The van der Waals surface area contributed by atoms with E-state index in [0.29, 0.717) is 6.54 Å². The number of fused-ring (bicyclic) bond motifs is 1. The fourth-order valence-electron chi connectivity index (χ4n) is 2.34. The minimum absolute atomic E-state index is 0.136. The Hall–Kier alpha value is -2.07. The van der Waals surface area contributed by atoms with Crippen molar-refractivity contribution in [1.82, 2.24) is 5.43 Å². The molecule has 4 heteroatoms. The summed E-state index contributed by atoms with van der Waals surface area (Å²) in [6.07, 6.45) is 0. The van der Waals surface area contributed by atoms with Crippen LogP contribution in [0.5, 0.6) is 0 Å². The van der Waals surface area contributed by atoms with Crippen LogP contribution in [0.4, 0.5) is 5.69 Å². The molecule has 1 amide bonds. The van der Waals surface area contributed by atoms with E-state index in [-0.39, 0.29) is 12.5 Å². The zero-order valence-electron chi connectivity index (χ0n) is 10.8. The number of hydrazine groups is 1. The van der Waals surface area contributed by atoms with Gasteiger partial charge < -0.3 is 5.11 Å². The molecule has 1 aliphatic heterocycles. The largest absolute Gasteiger partial charge is 0.395 e. The van der Waals surface area contributed by atoms with Gasteiger partial charge in [-0.15, -0.1) is 0 Å². The third kappa shape index (κ3) is 1.94. The highest BCUT2D eigenvalue weighted by Crippen LogP contribution is 2.29. The molecule has 2 aromatic rings. The molecule has 0 radical (unpaired) electrons. The van der Waals surface area contributed by atoms with E-state index in [1.807, 2.05) is 36.4 Å². The summed E-state index contributed by atoms with van der Waals surface area (Å²) in [5.74, 6) is -0.136. The van der Waals surface area contributed by atoms with Crippen LogP contribution in [0.25, 0.3) is 10.8 Å². The monoisotopic (exact) mass is 256 g/mol. The molecule has 1 fully saturated rings. The Balaban J connectivity index is 1.95. The Labute approximate surface area is 111 Å². The number of rotatable bonds is 2. The maximum atomic E-state index is 11.9. The number of carbonyl (C=O) groups is 1. The topological polar surface area (TPSA) is 52.6 Å². The molecular weight excluding hydrogens is 240 g/mol. The predicted molar refractivity (Wildman–Crippen MR) is 74.6 cm³/mol. The van der Waals surface area contributed by atoms with Gasteiger partial charge in [0.25, 0.3) is 0 Å². The predicted octanol–water partition coefficient (Wildman–Crippen LogP) is 1.69. The van der Waals surface area contributed by atoms with Gasteiger partial charge in [0.1, 0.15) is 0 Å². The first kappa shape index (κ1) is 12.0. The lowest BCUT2D eigenvalue weighted by molar-refractivity contribution is -0.128. The van der Waals surface area contributed by atoms with E-state index in [2.05, 4.69) is 11.5 Å². The number of aliphatic hydroxyl groups excluding tert-OH is 1. The summed E-state index contributed by atoms with van der Waals surface area (Å²) in [7, 11) is 0. The molecule has 4 nitrogen and oxygen atoms in total. The smallest absolute Gasteiger partial charge is 0.248 e. The molecule has 19 heavy (non-hydrogen) atoms. The quantitative estimate of drug-likeness (QED) is 0.859. The molecule has 2 N–H and O–H groups in total. The van der Waals surface area contributed by atoms with E-state index in [1.165, 1.54) is 5.39 Å². The minimum atomic E-state index is -0.731. The Bertz CT molecular complexity index is 641. The van der Waals surface area contributed by atoms with E-state index in [4.69, 9.17) is 0 Å². The maximum Gasteiger partial charge on any atom is 0.248 e. The van der Waals surface area contributed by atoms with Crippen molar-refractivity contribution in [3.63, 3.8) is 0 Å². The van der Waals surface area contributed by atoms with E-state index in [9.17, 15) is 9.90 Å². The number of aliphatic hydroxyl groups is 1. The van der Waals surface area contributed by atoms with E-state index in [1.54, 1.807) is 11.9 Å². The molecule has 1 unspecified atom stereocenters. The van der Waals surface area contributed by atoms with Gasteiger partial charge in [0.15, 0.2) is 0 Å². The second-order valence-electron chi connectivity index (χ2n) is 5.28. The molecule has 98 valence electrons. The van der Waals surface area contributed by atoms with Crippen LogP contribution in [0.2, 0.25) is 0 Å². The van der Waals surface area contributed by atoms with Gasteiger partial charge in [-0.25, -0.2) is 0 Å². The van der Waals surface area contributed by atoms with Gasteiger partial charge in [-0.2, -0.15) is 0 Å². The second-order valence-corrected chi connectivity index (χ2v) is 5.28. The van der Waals surface area contributed by atoms with E-state index in [0.717, 1.165) is 11.1 Å². The molecule has 0 bridgehead atoms. The Morgan fingerprint density at radius 1 is 1.26 bits per heavy atom. The zero-order chi connectivity index (χ0) is 13.5. The van der Waals surface area contributed by atoms with Crippen molar-refractivity contribution in [1.29, 1.82) is 0 Å². The maximum absolute atomic E-state index is 11.9. The van der Waals surface area contributed by atoms with Crippen LogP contribution in [-0.4, -0.2) is 24.2 Å². The van der Waals surface area contributed by atoms with Crippen molar-refractivity contribution in [3.8, 4) is 0 Å². The van der Waals surface area contributed by atoms with Crippen LogP contribution in [-0.2, 0) is 4.79 Å². The average Bonchev–Trinajstić information content (AvgIpc) is 2.75. The normalized spacial score (nSPS) is 22.8. The highest BCUT2D eigenvalue weighted by atomic mass is 16.3. The Kier molecular flexibility index (Phi) is 2.68. The van der Waals surface area contributed by atoms with Crippen molar-refractivity contribution in [3.05, 3.63) is 42.5 Å². The summed E-state index contributed by atoms with van der Waals surface area (Å²) in [6, 6.07) is 14.1. The van der Waals surface area contributed by atoms with Crippen LogP contribution in [0.1, 0.15) is 6.92 Å². The molecule has 1 atom stereocenters. The fraction of sp³-hybridized carbons (Fsp3) is 0.267. The third-order valence-electron chi connectivity index (χ3n) is 3.69. The van der Waals surface area contributed by atoms with E-state index >= 15 is 0 Å². The van der Waals surface area contributed by atoms with Crippen molar-refractivity contribution in [2.24, 2.45) is 5.41 Å². The molecule has 1 heterocycles. The number of carbonyl (C=O) groups excluding carboxylic acids is 1. The van der Waals surface area contributed by atoms with Gasteiger partial charge >= 0.3 is 0 Å². The number of nitrogens with zero attached hydrogens (tertiary/aromatic N) is 1. The van der Waals surface area contributed by atoms with Crippen molar-refractivity contribution in [2.75, 3.05) is 18.2 Å². The number of hydrogen-bond donors (Lipinski definition) is 2. The second kappa shape index (κ2) is 4.24. The molecule has 0 saturated carbocycles. The van der Waals surface area contributed by atoms with Crippen LogP contribution in [0.3, 0.4) is 0 Å². The van der Waals surface area contributed by atoms with Gasteiger partial charge in [-0.05, 0) is 29.8 Å². The molecule has 1 aliphatic rings. The number of anilines is 1. The van der Waals surface area contributed by atoms with Crippen molar-refractivity contribution >= 4 is 22.4 Å². The lowest BCUT2D eigenvalue weighted by atomic mass is 9.92. The number of hydrogen-bond acceptors (Lipinski definition) is 3. The highest BCUT2D eigenvalue weighted by Gasteiger charge is 2.41. The molecule has 0 aromatic heterocycles. The van der Waals surface area contributed by atoms with Crippen LogP contribution >= 0.6 is 0 Å². The average molecular weight is 256 g/mol. The summed E-state index contributed by atoms with van der Waals surface area (Å²) in [5.41, 5.74) is 3.01.